The van der Waals surface area contributed by atoms with E-state index >= 15 is 0 Å². The quantitative estimate of drug-likeness (QED) is 0.539. The highest BCUT2D eigenvalue weighted by atomic mass is 32.2. The number of hydrogen-bond acceptors (Lipinski definition) is 7. The van der Waals surface area contributed by atoms with Crippen LogP contribution in [0.5, 0.6) is 0 Å². The van der Waals surface area contributed by atoms with Gasteiger partial charge in [-0.05, 0) is 61.8 Å². The zero-order chi connectivity index (χ0) is 24.2. The highest BCUT2D eigenvalue weighted by Gasteiger charge is 2.44. The summed E-state index contributed by atoms with van der Waals surface area (Å²) in [5.41, 5.74) is 2.63. The molecule has 2 aliphatic rings. The van der Waals surface area contributed by atoms with E-state index < -0.39 is 27.7 Å². The minimum atomic E-state index is -3.95. The standard InChI is InChI=1S/C25H30N2O6S/c1-2-32-23(28)18-34(30,31)26-20-8-9-21(24(29)33-17-19-6-4-3-5-7-19)22(16-20)27-14-12-25(10-11-25)13-15-27/h3-9,16,26H,2,10-15,17-18H2,1H3. The molecular formula is C25H30N2O6S. The van der Waals surface area contributed by atoms with Crippen LogP contribution in [0.15, 0.2) is 48.5 Å². The Morgan fingerprint density at radius 2 is 1.71 bits per heavy atom. The molecule has 2 aromatic rings. The van der Waals surface area contributed by atoms with Crippen molar-refractivity contribution in [1.29, 1.82) is 0 Å². The smallest absolute Gasteiger partial charge is 0.340 e. The Balaban J connectivity index is 1.54. The van der Waals surface area contributed by atoms with E-state index in [0.717, 1.165) is 31.5 Å². The molecule has 0 radical (unpaired) electrons. The lowest BCUT2D eigenvalue weighted by Gasteiger charge is -2.35. The van der Waals surface area contributed by atoms with Crippen LogP contribution in [0, 0.1) is 5.41 Å². The molecule has 1 spiro atoms. The van der Waals surface area contributed by atoms with Gasteiger partial charge in [0.25, 0.3) is 0 Å². The van der Waals surface area contributed by atoms with Crippen LogP contribution in [0.3, 0.4) is 0 Å². The number of carbonyl (C=O) groups excluding carboxylic acids is 2. The topological polar surface area (TPSA) is 102 Å². The van der Waals surface area contributed by atoms with Crippen LogP contribution >= 0.6 is 0 Å². The van der Waals surface area contributed by atoms with Crippen molar-refractivity contribution < 1.29 is 27.5 Å². The molecule has 1 N–H and O–H groups in total. The minimum Gasteiger partial charge on any atom is -0.465 e. The maximum Gasteiger partial charge on any atom is 0.340 e. The number of sulfonamides is 1. The monoisotopic (exact) mass is 486 g/mol. The van der Waals surface area contributed by atoms with Crippen molar-refractivity contribution >= 4 is 33.3 Å². The molecule has 0 aromatic heterocycles. The van der Waals surface area contributed by atoms with E-state index in [-0.39, 0.29) is 18.9 Å². The van der Waals surface area contributed by atoms with Crippen LogP contribution < -0.4 is 9.62 Å². The number of piperidine rings is 1. The first-order valence-corrected chi connectivity index (χ1v) is 13.2. The first-order chi connectivity index (χ1) is 16.3. The number of carbonyl (C=O) groups is 2. The van der Waals surface area contributed by atoms with Gasteiger partial charge in [-0.25, -0.2) is 13.2 Å². The SMILES string of the molecule is CCOC(=O)CS(=O)(=O)Nc1ccc(C(=O)OCc2ccccc2)c(N2CCC3(CC2)CC3)c1. The van der Waals surface area contributed by atoms with Gasteiger partial charge in [0.2, 0.25) is 10.0 Å². The zero-order valence-electron chi connectivity index (χ0n) is 19.3. The number of esters is 2. The van der Waals surface area contributed by atoms with Crippen molar-refractivity contribution in [2.24, 2.45) is 5.41 Å². The molecule has 8 nitrogen and oxygen atoms in total. The summed E-state index contributed by atoms with van der Waals surface area (Å²) in [5.74, 6) is -2.06. The van der Waals surface area contributed by atoms with Crippen LogP contribution in [0.2, 0.25) is 0 Å². The molecule has 182 valence electrons. The van der Waals surface area contributed by atoms with Crippen LogP contribution in [0.25, 0.3) is 0 Å². The summed E-state index contributed by atoms with van der Waals surface area (Å²) in [6.07, 6.45) is 4.59. The fraction of sp³-hybridized carbons (Fsp3) is 0.440. The Bertz CT molecular complexity index is 1140. The van der Waals surface area contributed by atoms with E-state index in [4.69, 9.17) is 9.47 Å². The average molecular weight is 487 g/mol. The molecule has 1 aliphatic heterocycles. The lowest BCUT2D eigenvalue weighted by atomic mass is 9.93. The van der Waals surface area contributed by atoms with Gasteiger partial charge in [-0.2, -0.15) is 0 Å². The van der Waals surface area contributed by atoms with Gasteiger partial charge in [0, 0.05) is 13.1 Å². The average Bonchev–Trinajstić information content (AvgIpc) is 3.56. The van der Waals surface area contributed by atoms with Crippen LogP contribution in [0.4, 0.5) is 11.4 Å². The van der Waals surface area contributed by atoms with Crippen molar-refractivity contribution in [3.05, 3.63) is 59.7 Å². The molecule has 2 aromatic carbocycles. The number of hydrogen-bond donors (Lipinski definition) is 1. The molecule has 1 aliphatic carbocycles. The van der Waals surface area contributed by atoms with Crippen LogP contribution in [-0.4, -0.2) is 45.8 Å². The fourth-order valence-electron chi connectivity index (χ4n) is 4.30. The summed E-state index contributed by atoms with van der Waals surface area (Å²) in [6.45, 7) is 3.45. The maximum atomic E-state index is 13.0. The molecule has 4 rings (SSSR count). The van der Waals surface area contributed by atoms with Gasteiger partial charge in [0.05, 0.1) is 23.5 Å². The van der Waals surface area contributed by atoms with Gasteiger partial charge in [0.15, 0.2) is 5.75 Å². The van der Waals surface area contributed by atoms with Gasteiger partial charge in [-0.3, -0.25) is 9.52 Å². The second-order valence-corrected chi connectivity index (χ2v) is 10.7. The highest BCUT2D eigenvalue weighted by Crippen LogP contribution is 2.54. The lowest BCUT2D eigenvalue weighted by Crippen LogP contribution is -2.35. The third kappa shape index (κ3) is 6.08. The normalized spacial score (nSPS) is 16.7. The number of benzene rings is 2. The second-order valence-electron chi connectivity index (χ2n) is 8.95. The predicted octanol–water partition coefficient (Wildman–Crippen LogP) is 3.73. The number of rotatable bonds is 9. The first kappa shape index (κ1) is 24.1. The lowest BCUT2D eigenvalue weighted by molar-refractivity contribution is -0.139. The van der Waals surface area contributed by atoms with Gasteiger partial charge in [-0.15, -0.1) is 0 Å². The Labute approximate surface area is 200 Å². The number of anilines is 2. The molecule has 0 amide bonds. The Kier molecular flexibility index (Phi) is 7.11. The van der Waals surface area contributed by atoms with E-state index in [1.165, 1.54) is 18.9 Å². The molecule has 1 saturated carbocycles. The van der Waals surface area contributed by atoms with Crippen molar-refractivity contribution in [3.63, 3.8) is 0 Å². The molecule has 34 heavy (non-hydrogen) atoms. The third-order valence-corrected chi connectivity index (χ3v) is 7.60. The van der Waals surface area contributed by atoms with E-state index in [9.17, 15) is 18.0 Å². The van der Waals surface area contributed by atoms with Crippen molar-refractivity contribution in [1.82, 2.24) is 0 Å². The molecule has 0 atom stereocenters. The predicted molar refractivity (Wildman–Crippen MR) is 129 cm³/mol. The van der Waals surface area contributed by atoms with E-state index in [0.29, 0.717) is 16.7 Å². The Morgan fingerprint density at radius 1 is 1.00 bits per heavy atom. The molecule has 2 fully saturated rings. The Hall–Kier alpha value is -3.07. The van der Waals surface area contributed by atoms with E-state index in [2.05, 4.69) is 9.62 Å². The summed E-state index contributed by atoms with van der Waals surface area (Å²) < 4.78 is 37.6. The van der Waals surface area contributed by atoms with Gasteiger partial charge < -0.3 is 14.4 Å². The molecule has 1 saturated heterocycles. The van der Waals surface area contributed by atoms with E-state index in [1.807, 2.05) is 30.3 Å². The zero-order valence-corrected chi connectivity index (χ0v) is 20.1. The van der Waals surface area contributed by atoms with E-state index in [1.54, 1.807) is 19.1 Å². The van der Waals surface area contributed by atoms with Gasteiger partial charge in [-0.1, -0.05) is 30.3 Å². The summed E-state index contributed by atoms with van der Waals surface area (Å²) >= 11 is 0. The van der Waals surface area contributed by atoms with Crippen molar-refractivity contribution in [3.8, 4) is 0 Å². The van der Waals surface area contributed by atoms with Crippen molar-refractivity contribution in [2.45, 2.75) is 39.2 Å². The van der Waals surface area contributed by atoms with Crippen LogP contribution in [-0.2, 0) is 30.9 Å². The molecule has 9 heteroatoms. The summed E-state index contributed by atoms with van der Waals surface area (Å²) in [4.78, 5) is 26.8. The highest BCUT2D eigenvalue weighted by molar-refractivity contribution is 7.93. The molecular weight excluding hydrogens is 456 g/mol. The maximum absolute atomic E-state index is 13.0. The van der Waals surface area contributed by atoms with Gasteiger partial charge >= 0.3 is 11.9 Å². The Morgan fingerprint density at radius 3 is 2.35 bits per heavy atom. The van der Waals surface area contributed by atoms with Crippen LogP contribution in [0.1, 0.15) is 48.5 Å². The number of nitrogens with one attached hydrogen (secondary N) is 1. The first-order valence-electron chi connectivity index (χ1n) is 11.6. The summed E-state index contributed by atoms with van der Waals surface area (Å²) in [5, 5.41) is 0. The molecule has 0 bridgehead atoms. The third-order valence-electron chi connectivity index (χ3n) is 6.44. The second kappa shape index (κ2) is 10.0. The summed E-state index contributed by atoms with van der Waals surface area (Å²) in [6, 6.07) is 14.2. The van der Waals surface area contributed by atoms with Gasteiger partial charge in [0.1, 0.15) is 6.61 Å². The summed E-state index contributed by atoms with van der Waals surface area (Å²) in [7, 11) is -3.95. The molecule has 0 unspecified atom stereocenters. The number of nitrogens with zero attached hydrogens (tertiary/aromatic N) is 1. The number of ether oxygens (including phenoxy) is 2. The van der Waals surface area contributed by atoms with Crippen molar-refractivity contribution in [2.75, 3.05) is 35.1 Å². The largest absolute Gasteiger partial charge is 0.465 e. The molecule has 1 heterocycles. The fourth-order valence-corrected chi connectivity index (χ4v) is 5.25. The minimum absolute atomic E-state index is 0.106.